The molecule has 3 rings (SSSR count). The summed E-state index contributed by atoms with van der Waals surface area (Å²) < 4.78 is 11.8. The first-order chi connectivity index (χ1) is 14.5. The maximum absolute atomic E-state index is 12.9. The Balaban J connectivity index is 2.13. The minimum absolute atomic E-state index is 0.0286. The zero-order valence-corrected chi connectivity index (χ0v) is 16.6. The van der Waals surface area contributed by atoms with Crippen molar-refractivity contribution < 1.29 is 24.2 Å². The van der Waals surface area contributed by atoms with E-state index in [-0.39, 0.29) is 12.2 Å². The van der Waals surface area contributed by atoms with Crippen molar-refractivity contribution in [2.75, 3.05) is 13.7 Å². The van der Waals surface area contributed by atoms with Crippen molar-refractivity contribution in [2.45, 2.75) is 13.5 Å². The highest BCUT2D eigenvalue weighted by molar-refractivity contribution is 6.39. The summed E-state index contributed by atoms with van der Waals surface area (Å²) in [5.41, 5.74) is 0.973. The number of benzene rings is 2. The highest BCUT2D eigenvalue weighted by Crippen LogP contribution is 2.22. The Hall–Kier alpha value is -3.87. The number of fused-ring (bicyclic) bond motifs is 1. The van der Waals surface area contributed by atoms with Crippen LogP contribution >= 0.6 is 0 Å². The second kappa shape index (κ2) is 9.09. The maximum Gasteiger partial charge on any atom is 0.379 e. The minimum Gasteiger partial charge on any atom is -0.507 e. The van der Waals surface area contributed by atoms with Crippen LogP contribution < -0.4 is 10.2 Å². The largest absolute Gasteiger partial charge is 0.507 e. The lowest BCUT2D eigenvalue weighted by Gasteiger charge is -2.15. The third kappa shape index (κ3) is 4.25. The summed E-state index contributed by atoms with van der Waals surface area (Å²) in [6, 6.07) is 14.4. The summed E-state index contributed by atoms with van der Waals surface area (Å²) in [4.78, 5) is 36.4. The number of carbonyl (C=O) groups excluding carboxylic acids is 2. The molecule has 1 heterocycles. The normalized spacial score (nSPS) is 11.3. The van der Waals surface area contributed by atoms with Crippen LogP contribution in [-0.2, 0) is 20.9 Å². The number of ketones is 1. The second-order valence-corrected chi connectivity index (χ2v) is 6.44. The van der Waals surface area contributed by atoms with Crippen LogP contribution in [0.2, 0.25) is 0 Å². The van der Waals surface area contributed by atoms with Crippen molar-refractivity contribution in [1.29, 1.82) is 0 Å². The molecule has 0 fully saturated rings. The van der Waals surface area contributed by atoms with E-state index >= 15 is 0 Å². The van der Waals surface area contributed by atoms with Gasteiger partial charge in [0.05, 0.1) is 31.3 Å². The van der Waals surface area contributed by atoms with Gasteiger partial charge in [0.15, 0.2) is 5.43 Å². The van der Waals surface area contributed by atoms with Crippen LogP contribution in [0.25, 0.3) is 16.7 Å². The number of carbonyl (C=O) groups is 2. The van der Waals surface area contributed by atoms with E-state index in [0.29, 0.717) is 29.3 Å². The number of aromatic nitrogens is 1. The quantitative estimate of drug-likeness (QED) is 0.280. The van der Waals surface area contributed by atoms with Gasteiger partial charge in [-0.3, -0.25) is 9.59 Å². The van der Waals surface area contributed by atoms with E-state index in [9.17, 15) is 19.5 Å². The van der Waals surface area contributed by atoms with Gasteiger partial charge >= 0.3 is 5.97 Å². The third-order valence-corrected chi connectivity index (χ3v) is 4.54. The number of methoxy groups -OCH3 is 1. The molecule has 1 aromatic heterocycles. The number of rotatable bonds is 7. The van der Waals surface area contributed by atoms with Crippen molar-refractivity contribution in [1.82, 2.24) is 4.57 Å². The van der Waals surface area contributed by atoms with E-state index in [1.807, 2.05) is 24.3 Å². The first-order valence-electron chi connectivity index (χ1n) is 9.32. The fourth-order valence-electron chi connectivity index (χ4n) is 3.14. The van der Waals surface area contributed by atoms with Crippen molar-refractivity contribution in [2.24, 2.45) is 0 Å². The second-order valence-electron chi connectivity index (χ2n) is 6.44. The monoisotopic (exact) mass is 407 g/mol. The van der Waals surface area contributed by atoms with Crippen LogP contribution in [0.15, 0.2) is 65.6 Å². The molecule has 2 aromatic carbocycles. The van der Waals surface area contributed by atoms with Crippen LogP contribution in [0.3, 0.4) is 0 Å². The molecular weight excluding hydrogens is 386 g/mol. The molecule has 30 heavy (non-hydrogen) atoms. The summed E-state index contributed by atoms with van der Waals surface area (Å²) in [6.45, 7) is 1.95. The van der Waals surface area contributed by atoms with Crippen molar-refractivity contribution >= 4 is 28.4 Å². The van der Waals surface area contributed by atoms with Gasteiger partial charge in [-0.2, -0.15) is 0 Å². The standard InChI is InChI=1S/C23H21NO6/c1-3-30-23(28)20(26)12-19(25)17-14-24(13-15-8-4-7-11-21(15)29-2)18-10-6-5-9-16(18)22(17)27/h4-12,14,25H,3,13H2,1-2H3/b19-12-. The average molecular weight is 407 g/mol. The fourth-order valence-corrected chi connectivity index (χ4v) is 3.14. The Morgan fingerprint density at radius 2 is 1.80 bits per heavy atom. The van der Waals surface area contributed by atoms with Gasteiger partial charge in [-0.05, 0) is 25.1 Å². The molecule has 1 N–H and O–H groups in total. The number of aliphatic hydroxyl groups is 1. The van der Waals surface area contributed by atoms with Crippen LogP contribution in [0, 0.1) is 0 Å². The lowest BCUT2D eigenvalue weighted by Crippen LogP contribution is -2.18. The SMILES string of the molecule is CCOC(=O)C(=O)/C=C(\O)c1cn(Cc2ccccc2OC)c2ccccc2c1=O. The van der Waals surface area contributed by atoms with E-state index in [2.05, 4.69) is 4.74 Å². The first-order valence-corrected chi connectivity index (χ1v) is 9.32. The fraction of sp³-hybridized carbons (Fsp3) is 0.174. The van der Waals surface area contributed by atoms with Gasteiger partial charge in [-0.15, -0.1) is 0 Å². The number of nitrogens with zero attached hydrogens (tertiary/aromatic N) is 1. The minimum atomic E-state index is -1.10. The van der Waals surface area contributed by atoms with E-state index in [1.165, 1.54) is 6.20 Å². The number of aliphatic hydroxyl groups excluding tert-OH is 1. The van der Waals surface area contributed by atoms with Gasteiger partial charge in [0, 0.05) is 23.2 Å². The molecule has 0 unspecified atom stereocenters. The van der Waals surface area contributed by atoms with E-state index in [4.69, 9.17) is 4.74 Å². The zero-order chi connectivity index (χ0) is 21.7. The predicted octanol–water partition coefficient (Wildman–Crippen LogP) is 3.09. The summed E-state index contributed by atoms with van der Waals surface area (Å²) in [5.74, 6) is -2.06. The van der Waals surface area contributed by atoms with Gasteiger partial charge in [0.1, 0.15) is 11.5 Å². The number of pyridine rings is 1. The van der Waals surface area contributed by atoms with Gasteiger partial charge in [-0.25, -0.2) is 4.79 Å². The molecular formula is C23H21NO6. The smallest absolute Gasteiger partial charge is 0.379 e. The zero-order valence-electron chi connectivity index (χ0n) is 16.6. The Morgan fingerprint density at radius 3 is 2.53 bits per heavy atom. The van der Waals surface area contributed by atoms with Crippen molar-refractivity contribution in [3.63, 3.8) is 0 Å². The van der Waals surface area contributed by atoms with Crippen LogP contribution in [-0.4, -0.2) is 35.1 Å². The van der Waals surface area contributed by atoms with Gasteiger partial charge in [0.2, 0.25) is 0 Å². The van der Waals surface area contributed by atoms with Crippen molar-refractivity contribution in [3.05, 3.63) is 82.2 Å². The lowest BCUT2D eigenvalue weighted by atomic mass is 10.1. The van der Waals surface area contributed by atoms with Crippen LogP contribution in [0.4, 0.5) is 0 Å². The molecule has 0 saturated heterocycles. The molecule has 0 aliphatic rings. The molecule has 154 valence electrons. The molecule has 0 amide bonds. The summed E-state index contributed by atoms with van der Waals surface area (Å²) in [6.07, 6.45) is 2.16. The summed E-state index contributed by atoms with van der Waals surface area (Å²) in [5, 5.41) is 10.8. The third-order valence-electron chi connectivity index (χ3n) is 4.54. The molecule has 0 saturated carbocycles. The van der Waals surface area contributed by atoms with Crippen LogP contribution in [0.1, 0.15) is 18.1 Å². The molecule has 0 spiro atoms. The van der Waals surface area contributed by atoms with E-state index < -0.39 is 22.9 Å². The number of hydrogen-bond donors (Lipinski definition) is 1. The molecule has 3 aromatic rings. The number of hydrogen-bond acceptors (Lipinski definition) is 6. The van der Waals surface area contributed by atoms with E-state index in [1.54, 1.807) is 42.9 Å². The highest BCUT2D eigenvalue weighted by Gasteiger charge is 2.17. The molecule has 0 aliphatic carbocycles. The average Bonchev–Trinajstić information content (AvgIpc) is 2.76. The highest BCUT2D eigenvalue weighted by atomic mass is 16.5. The Kier molecular flexibility index (Phi) is 6.32. The van der Waals surface area contributed by atoms with Gasteiger partial charge in [-0.1, -0.05) is 30.3 Å². The topological polar surface area (TPSA) is 94.8 Å². The van der Waals surface area contributed by atoms with Gasteiger partial charge in [0.25, 0.3) is 5.78 Å². The van der Waals surface area contributed by atoms with Gasteiger partial charge < -0.3 is 19.1 Å². The Bertz CT molecular complexity index is 1190. The number of esters is 1. The Labute approximate surface area is 172 Å². The molecule has 0 aliphatic heterocycles. The molecule has 7 nitrogen and oxygen atoms in total. The lowest BCUT2D eigenvalue weighted by molar-refractivity contribution is -0.151. The first kappa shape index (κ1) is 20.9. The molecule has 0 bridgehead atoms. The van der Waals surface area contributed by atoms with Crippen LogP contribution in [0.5, 0.6) is 5.75 Å². The predicted molar refractivity (Wildman–Crippen MR) is 113 cm³/mol. The summed E-state index contributed by atoms with van der Waals surface area (Å²) in [7, 11) is 1.57. The summed E-state index contributed by atoms with van der Waals surface area (Å²) >= 11 is 0. The van der Waals surface area contributed by atoms with E-state index in [0.717, 1.165) is 5.56 Å². The Morgan fingerprint density at radius 1 is 1.10 bits per heavy atom. The number of ether oxygens (including phenoxy) is 2. The maximum atomic E-state index is 12.9. The molecule has 0 atom stereocenters. The molecule has 0 radical (unpaired) electrons. The number of para-hydroxylation sites is 2. The van der Waals surface area contributed by atoms with Crippen molar-refractivity contribution in [3.8, 4) is 5.75 Å². The molecule has 7 heteroatoms.